The maximum absolute atomic E-state index is 13.4. The van der Waals surface area contributed by atoms with Gasteiger partial charge in [0.05, 0.1) is 23.1 Å². The number of fused-ring (bicyclic) bond motifs is 1. The zero-order valence-corrected chi connectivity index (χ0v) is 20.0. The minimum Gasteiger partial charge on any atom is -0.394 e. The van der Waals surface area contributed by atoms with Gasteiger partial charge in [-0.1, -0.05) is 56.2 Å². The van der Waals surface area contributed by atoms with Gasteiger partial charge in [0, 0.05) is 12.2 Å². The first kappa shape index (κ1) is 22.9. The zero-order valence-electron chi connectivity index (χ0n) is 18.3. The standard InChI is InChI=1S/C23H28N4O3S2/c1-3-15(13-28)24-19-17(21(29)26-11-7-8-14(2)20(26)25-19)12-18-22(30)27(23(31)32-18)16-9-5-4-6-10-16/h7-8,11-12,15-16,24,28H,3-6,9-10,13H2,1-2H3. The number of amides is 1. The number of aliphatic hydroxyl groups excluding tert-OH is 1. The number of hydrogen-bond acceptors (Lipinski definition) is 7. The van der Waals surface area contributed by atoms with Crippen LogP contribution >= 0.6 is 24.0 Å². The van der Waals surface area contributed by atoms with E-state index in [0.29, 0.717) is 32.7 Å². The average Bonchev–Trinajstić information content (AvgIpc) is 3.08. The molecular weight excluding hydrogens is 444 g/mol. The lowest BCUT2D eigenvalue weighted by Crippen LogP contribution is -2.39. The summed E-state index contributed by atoms with van der Waals surface area (Å²) in [4.78, 5) is 33.5. The Balaban J connectivity index is 1.79. The van der Waals surface area contributed by atoms with Crippen molar-refractivity contribution in [2.75, 3.05) is 11.9 Å². The number of nitrogens with one attached hydrogen (secondary N) is 1. The molecule has 9 heteroatoms. The van der Waals surface area contributed by atoms with E-state index in [1.54, 1.807) is 23.2 Å². The molecule has 2 aliphatic rings. The van der Waals surface area contributed by atoms with Gasteiger partial charge in [-0.15, -0.1) is 0 Å². The second kappa shape index (κ2) is 9.72. The second-order valence-electron chi connectivity index (χ2n) is 8.34. The predicted molar refractivity (Wildman–Crippen MR) is 133 cm³/mol. The van der Waals surface area contributed by atoms with Gasteiger partial charge in [0.1, 0.15) is 15.8 Å². The van der Waals surface area contributed by atoms with E-state index in [0.717, 1.165) is 31.2 Å². The van der Waals surface area contributed by atoms with Crippen LogP contribution in [0.2, 0.25) is 0 Å². The van der Waals surface area contributed by atoms with Crippen LogP contribution in [0.5, 0.6) is 0 Å². The maximum Gasteiger partial charge on any atom is 0.267 e. The Morgan fingerprint density at radius 1 is 1.34 bits per heavy atom. The molecule has 0 radical (unpaired) electrons. The normalized spacial score (nSPS) is 19.8. The number of pyridine rings is 1. The molecule has 1 saturated carbocycles. The SMILES string of the molecule is CCC(CO)Nc1nc2c(C)cccn2c(=O)c1C=C1SC(=S)N(C2CCCCC2)C1=O. The lowest BCUT2D eigenvalue weighted by atomic mass is 9.94. The lowest BCUT2D eigenvalue weighted by molar-refractivity contribution is -0.124. The van der Waals surface area contributed by atoms with Crippen LogP contribution in [-0.2, 0) is 4.79 Å². The molecule has 2 fully saturated rings. The number of nitrogens with zero attached hydrogens (tertiary/aromatic N) is 3. The van der Waals surface area contributed by atoms with Crippen LogP contribution in [0, 0.1) is 6.92 Å². The fourth-order valence-corrected chi connectivity index (χ4v) is 5.67. The molecule has 7 nitrogen and oxygen atoms in total. The Kier molecular flexibility index (Phi) is 6.97. The maximum atomic E-state index is 13.4. The highest BCUT2D eigenvalue weighted by molar-refractivity contribution is 8.26. The summed E-state index contributed by atoms with van der Waals surface area (Å²) in [5, 5.41) is 12.9. The first-order chi connectivity index (χ1) is 15.4. The van der Waals surface area contributed by atoms with Crippen molar-refractivity contribution >= 4 is 51.7 Å². The number of aromatic nitrogens is 2. The molecule has 170 valence electrons. The van der Waals surface area contributed by atoms with E-state index in [9.17, 15) is 14.7 Å². The number of carbonyl (C=O) groups is 1. The van der Waals surface area contributed by atoms with Gasteiger partial charge in [-0.3, -0.25) is 18.9 Å². The van der Waals surface area contributed by atoms with Gasteiger partial charge in [-0.05, 0) is 43.9 Å². The van der Waals surface area contributed by atoms with E-state index < -0.39 is 0 Å². The van der Waals surface area contributed by atoms with Gasteiger partial charge in [-0.25, -0.2) is 4.98 Å². The van der Waals surface area contributed by atoms with Crippen molar-refractivity contribution in [3.63, 3.8) is 0 Å². The van der Waals surface area contributed by atoms with Crippen LogP contribution in [-0.4, -0.2) is 48.3 Å². The third-order valence-corrected chi connectivity index (χ3v) is 7.51. The van der Waals surface area contributed by atoms with Crippen LogP contribution in [0.15, 0.2) is 28.0 Å². The van der Waals surface area contributed by atoms with E-state index in [1.165, 1.54) is 22.6 Å². The molecule has 1 atom stereocenters. The highest BCUT2D eigenvalue weighted by Gasteiger charge is 2.37. The Labute approximate surface area is 196 Å². The minimum atomic E-state index is -0.267. The Morgan fingerprint density at radius 3 is 2.78 bits per heavy atom. The molecule has 2 N–H and O–H groups in total. The monoisotopic (exact) mass is 472 g/mol. The first-order valence-electron chi connectivity index (χ1n) is 11.1. The highest BCUT2D eigenvalue weighted by Crippen LogP contribution is 2.37. The van der Waals surface area contributed by atoms with E-state index in [-0.39, 0.29) is 30.2 Å². The molecule has 1 aliphatic heterocycles. The van der Waals surface area contributed by atoms with Crippen LogP contribution < -0.4 is 10.9 Å². The number of thiocarbonyl (C=S) groups is 1. The molecule has 3 heterocycles. The number of thioether (sulfide) groups is 1. The smallest absolute Gasteiger partial charge is 0.267 e. The van der Waals surface area contributed by atoms with Gasteiger partial charge in [-0.2, -0.15) is 0 Å². The second-order valence-corrected chi connectivity index (χ2v) is 10.0. The number of aryl methyl sites for hydroxylation is 1. The summed E-state index contributed by atoms with van der Waals surface area (Å²) in [6.45, 7) is 3.75. The van der Waals surface area contributed by atoms with Gasteiger partial charge >= 0.3 is 0 Å². The minimum absolute atomic E-state index is 0.0887. The summed E-state index contributed by atoms with van der Waals surface area (Å²) < 4.78 is 2.04. The van der Waals surface area contributed by atoms with Crippen molar-refractivity contribution in [3.05, 3.63) is 44.7 Å². The van der Waals surface area contributed by atoms with Gasteiger partial charge in [0.25, 0.3) is 11.5 Å². The molecule has 2 aromatic heterocycles. The molecular formula is C23H28N4O3S2. The third kappa shape index (κ3) is 4.33. The van der Waals surface area contributed by atoms with Gasteiger partial charge < -0.3 is 10.4 Å². The number of anilines is 1. The average molecular weight is 473 g/mol. The summed E-state index contributed by atoms with van der Waals surface area (Å²) >= 11 is 6.78. The van der Waals surface area contributed by atoms with E-state index >= 15 is 0 Å². The zero-order chi connectivity index (χ0) is 22.8. The van der Waals surface area contributed by atoms with E-state index in [1.807, 2.05) is 19.9 Å². The van der Waals surface area contributed by atoms with Crippen molar-refractivity contribution in [3.8, 4) is 0 Å². The third-order valence-electron chi connectivity index (χ3n) is 6.18. The van der Waals surface area contributed by atoms with Crippen LogP contribution in [0.1, 0.15) is 56.6 Å². The van der Waals surface area contributed by atoms with Crippen LogP contribution in [0.4, 0.5) is 5.82 Å². The molecule has 0 bridgehead atoms. The predicted octanol–water partition coefficient (Wildman–Crippen LogP) is 3.72. The highest BCUT2D eigenvalue weighted by atomic mass is 32.2. The quantitative estimate of drug-likeness (QED) is 0.489. The molecule has 1 amide bonds. The molecule has 1 aliphatic carbocycles. The summed E-state index contributed by atoms with van der Waals surface area (Å²) in [6, 6.07) is 3.58. The Hall–Kier alpha value is -2.23. The first-order valence-corrected chi connectivity index (χ1v) is 12.3. The summed E-state index contributed by atoms with van der Waals surface area (Å²) in [6.07, 6.45) is 9.26. The summed E-state index contributed by atoms with van der Waals surface area (Å²) in [7, 11) is 0. The molecule has 1 saturated heterocycles. The van der Waals surface area contributed by atoms with E-state index in [2.05, 4.69) is 5.32 Å². The topological polar surface area (TPSA) is 86.9 Å². The van der Waals surface area contributed by atoms with Crippen LogP contribution in [0.25, 0.3) is 11.7 Å². The molecule has 0 aromatic carbocycles. The number of rotatable bonds is 6. The Morgan fingerprint density at radius 2 is 2.09 bits per heavy atom. The molecule has 0 spiro atoms. The fourth-order valence-electron chi connectivity index (χ4n) is 4.29. The van der Waals surface area contributed by atoms with Gasteiger partial charge in [0.15, 0.2) is 0 Å². The van der Waals surface area contributed by atoms with E-state index in [4.69, 9.17) is 17.2 Å². The fraction of sp³-hybridized carbons (Fsp3) is 0.478. The van der Waals surface area contributed by atoms with Crippen LogP contribution in [0.3, 0.4) is 0 Å². The van der Waals surface area contributed by atoms with Crippen molar-refractivity contribution in [1.82, 2.24) is 14.3 Å². The lowest BCUT2D eigenvalue weighted by Gasteiger charge is -2.29. The summed E-state index contributed by atoms with van der Waals surface area (Å²) in [5.74, 6) is 0.230. The van der Waals surface area contributed by atoms with Crippen molar-refractivity contribution < 1.29 is 9.90 Å². The van der Waals surface area contributed by atoms with Crippen molar-refractivity contribution in [2.45, 2.75) is 64.5 Å². The van der Waals surface area contributed by atoms with Gasteiger partial charge in [0.2, 0.25) is 0 Å². The molecule has 1 unspecified atom stereocenters. The largest absolute Gasteiger partial charge is 0.394 e. The summed E-state index contributed by atoms with van der Waals surface area (Å²) in [5.41, 5.74) is 1.43. The number of aliphatic hydroxyl groups is 1. The molecule has 32 heavy (non-hydrogen) atoms. The number of hydrogen-bond donors (Lipinski definition) is 2. The molecule has 4 rings (SSSR count). The van der Waals surface area contributed by atoms with Crippen molar-refractivity contribution in [1.29, 1.82) is 0 Å². The van der Waals surface area contributed by atoms with Crippen molar-refractivity contribution in [2.24, 2.45) is 0 Å². The Bertz CT molecular complexity index is 1130. The molecule has 2 aromatic rings. The number of carbonyl (C=O) groups excluding carboxylic acids is 1.